The first-order valence-electron chi connectivity index (χ1n) is 8.75. The Balaban J connectivity index is 1.44. The molecule has 7 heteroatoms. The number of nitrogens with zero attached hydrogens (tertiary/aromatic N) is 3. The van der Waals surface area contributed by atoms with Gasteiger partial charge in [0.05, 0.1) is 18.7 Å². The number of pyridine rings is 1. The maximum Gasteiger partial charge on any atom is 0.231 e. The highest BCUT2D eigenvalue weighted by molar-refractivity contribution is 5.79. The smallest absolute Gasteiger partial charge is 0.231 e. The molecule has 1 atom stereocenters. The summed E-state index contributed by atoms with van der Waals surface area (Å²) < 4.78 is 12.4. The SMILES string of the molecule is Cc1c([C@H](C)NC(=O)Cc2ccc3c(c2)OCO3)cnn1-c1ccccn1. The molecule has 0 fully saturated rings. The van der Waals surface area contributed by atoms with Gasteiger partial charge in [-0.1, -0.05) is 12.1 Å². The number of aromatic nitrogens is 3. The quantitative estimate of drug-likeness (QED) is 0.753. The predicted molar refractivity (Wildman–Crippen MR) is 98.9 cm³/mol. The maximum absolute atomic E-state index is 12.5. The highest BCUT2D eigenvalue weighted by Crippen LogP contribution is 2.32. The lowest BCUT2D eigenvalue weighted by Gasteiger charge is -2.14. The molecule has 0 saturated heterocycles. The van der Waals surface area contributed by atoms with E-state index in [0.717, 1.165) is 22.6 Å². The van der Waals surface area contributed by atoms with Crippen molar-refractivity contribution in [3.63, 3.8) is 0 Å². The Kier molecular flexibility index (Phi) is 4.50. The second-order valence-electron chi connectivity index (χ2n) is 6.44. The average Bonchev–Trinajstić information content (AvgIpc) is 3.28. The maximum atomic E-state index is 12.5. The van der Waals surface area contributed by atoms with Crippen LogP contribution in [0, 0.1) is 6.92 Å². The van der Waals surface area contributed by atoms with E-state index in [-0.39, 0.29) is 25.2 Å². The minimum atomic E-state index is -0.163. The van der Waals surface area contributed by atoms with Gasteiger partial charge in [0, 0.05) is 17.5 Å². The molecular formula is C20H20N4O3. The molecular weight excluding hydrogens is 344 g/mol. The minimum absolute atomic E-state index is 0.0636. The Labute approximate surface area is 156 Å². The zero-order chi connectivity index (χ0) is 18.8. The van der Waals surface area contributed by atoms with Crippen LogP contribution in [0.15, 0.2) is 48.8 Å². The first-order valence-corrected chi connectivity index (χ1v) is 8.75. The van der Waals surface area contributed by atoms with E-state index in [2.05, 4.69) is 15.4 Å². The molecule has 138 valence electrons. The van der Waals surface area contributed by atoms with Gasteiger partial charge in [-0.2, -0.15) is 5.10 Å². The van der Waals surface area contributed by atoms with Crippen molar-refractivity contribution in [2.75, 3.05) is 6.79 Å². The summed E-state index contributed by atoms with van der Waals surface area (Å²) in [6, 6.07) is 11.1. The summed E-state index contributed by atoms with van der Waals surface area (Å²) in [6.07, 6.45) is 3.77. The topological polar surface area (TPSA) is 78.3 Å². The Hall–Kier alpha value is -3.35. The van der Waals surface area contributed by atoms with Gasteiger partial charge in [0.2, 0.25) is 12.7 Å². The Morgan fingerprint density at radius 2 is 2.11 bits per heavy atom. The molecule has 3 heterocycles. The van der Waals surface area contributed by atoms with Gasteiger partial charge in [0.25, 0.3) is 0 Å². The first-order chi connectivity index (χ1) is 13.1. The van der Waals surface area contributed by atoms with Gasteiger partial charge in [0.1, 0.15) is 0 Å². The summed E-state index contributed by atoms with van der Waals surface area (Å²) in [5.41, 5.74) is 2.79. The lowest BCUT2D eigenvalue weighted by atomic mass is 10.1. The molecule has 1 aromatic carbocycles. The summed E-state index contributed by atoms with van der Waals surface area (Å²) in [5.74, 6) is 2.08. The molecule has 0 saturated carbocycles. The number of carbonyl (C=O) groups is 1. The van der Waals surface area contributed by atoms with Crippen molar-refractivity contribution in [2.24, 2.45) is 0 Å². The van der Waals surface area contributed by atoms with Crippen LogP contribution in [0.2, 0.25) is 0 Å². The molecule has 1 N–H and O–H groups in total. The van der Waals surface area contributed by atoms with E-state index in [1.807, 2.05) is 50.2 Å². The third kappa shape index (κ3) is 3.48. The molecule has 1 amide bonds. The first kappa shape index (κ1) is 17.1. The van der Waals surface area contributed by atoms with Gasteiger partial charge < -0.3 is 14.8 Å². The van der Waals surface area contributed by atoms with Crippen molar-refractivity contribution < 1.29 is 14.3 Å². The summed E-state index contributed by atoms with van der Waals surface area (Å²) in [7, 11) is 0. The molecule has 7 nitrogen and oxygen atoms in total. The second kappa shape index (κ2) is 7.11. The number of fused-ring (bicyclic) bond motifs is 1. The molecule has 27 heavy (non-hydrogen) atoms. The Bertz CT molecular complexity index is 969. The van der Waals surface area contributed by atoms with Crippen LogP contribution in [-0.2, 0) is 11.2 Å². The fourth-order valence-electron chi connectivity index (χ4n) is 3.16. The standard InChI is InChI=1S/C20H20N4O3/c1-13(16-11-22-24(14(16)2)19-5-3-4-8-21-19)23-20(25)10-15-6-7-17-18(9-15)27-12-26-17/h3-9,11,13H,10,12H2,1-2H3,(H,23,25)/t13-/m0/s1. The number of hydrogen-bond donors (Lipinski definition) is 1. The van der Waals surface area contributed by atoms with E-state index >= 15 is 0 Å². The lowest BCUT2D eigenvalue weighted by molar-refractivity contribution is -0.121. The normalized spacial score (nSPS) is 13.4. The fourth-order valence-corrected chi connectivity index (χ4v) is 3.16. The van der Waals surface area contributed by atoms with Gasteiger partial charge in [-0.25, -0.2) is 9.67 Å². The van der Waals surface area contributed by atoms with Crippen LogP contribution in [0.3, 0.4) is 0 Å². The highest BCUT2D eigenvalue weighted by atomic mass is 16.7. The molecule has 0 spiro atoms. The summed E-state index contributed by atoms with van der Waals surface area (Å²) in [6.45, 7) is 4.14. The van der Waals surface area contributed by atoms with Crippen LogP contribution < -0.4 is 14.8 Å². The number of ether oxygens (including phenoxy) is 2. The van der Waals surface area contributed by atoms with Crippen molar-refractivity contribution in [1.82, 2.24) is 20.1 Å². The van der Waals surface area contributed by atoms with Gasteiger partial charge >= 0.3 is 0 Å². The summed E-state index contributed by atoms with van der Waals surface area (Å²) in [4.78, 5) is 16.8. The van der Waals surface area contributed by atoms with Crippen LogP contribution in [0.1, 0.15) is 29.8 Å². The monoisotopic (exact) mass is 364 g/mol. The van der Waals surface area contributed by atoms with Crippen LogP contribution in [-0.4, -0.2) is 27.5 Å². The molecule has 0 radical (unpaired) electrons. The van der Waals surface area contributed by atoms with Gasteiger partial charge in [0.15, 0.2) is 17.3 Å². The zero-order valence-corrected chi connectivity index (χ0v) is 15.2. The molecule has 1 aliphatic rings. The Morgan fingerprint density at radius 1 is 1.26 bits per heavy atom. The van der Waals surface area contributed by atoms with Crippen LogP contribution in [0.4, 0.5) is 0 Å². The second-order valence-corrected chi connectivity index (χ2v) is 6.44. The third-order valence-electron chi connectivity index (χ3n) is 4.56. The largest absolute Gasteiger partial charge is 0.454 e. The third-order valence-corrected chi connectivity index (χ3v) is 4.56. The van der Waals surface area contributed by atoms with Crippen molar-refractivity contribution in [2.45, 2.75) is 26.3 Å². The van der Waals surface area contributed by atoms with Crippen molar-refractivity contribution in [3.8, 4) is 17.3 Å². The van der Waals surface area contributed by atoms with Crippen LogP contribution in [0.25, 0.3) is 5.82 Å². The van der Waals surface area contributed by atoms with Gasteiger partial charge in [-0.05, 0) is 43.7 Å². The molecule has 0 bridgehead atoms. The lowest BCUT2D eigenvalue weighted by Crippen LogP contribution is -2.28. The molecule has 1 aliphatic heterocycles. The van der Waals surface area contributed by atoms with E-state index < -0.39 is 0 Å². The van der Waals surface area contributed by atoms with E-state index in [0.29, 0.717) is 11.5 Å². The predicted octanol–water partition coefficient (Wildman–Crippen LogP) is 2.72. The Morgan fingerprint density at radius 3 is 2.93 bits per heavy atom. The number of nitrogens with one attached hydrogen (secondary N) is 1. The fraction of sp³-hybridized carbons (Fsp3) is 0.250. The minimum Gasteiger partial charge on any atom is -0.454 e. The zero-order valence-electron chi connectivity index (χ0n) is 15.2. The molecule has 4 rings (SSSR count). The van der Waals surface area contributed by atoms with E-state index in [1.165, 1.54) is 0 Å². The summed E-state index contributed by atoms with van der Waals surface area (Å²) in [5, 5.41) is 7.44. The summed E-state index contributed by atoms with van der Waals surface area (Å²) >= 11 is 0. The average molecular weight is 364 g/mol. The van der Waals surface area contributed by atoms with Gasteiger partial charge in [-0.15, -0.1) is 0 Å². The number of benzene rings is 1. The number of carbonyl (C=O) groups excluding carboxylic acids is 1. The number of hydrogen-bond acceptors (Lipinski definition) is 5. The van der Waals surface area contributed by atoms with Crippen LogP contribution >= 0.6 is 0 Å². The number of rotatable bonds is 5. The van der Waals surface area contributed by atoms with E-state index in [9.17, 15) is 4.79 Å². The van der Waals surface area contributed by atoms with E-state index in [4.69, 9.17) is 9.47 Å². The molecule has 3 aromatic rings. The van der Waals surface area contributed by atoms with Crippen molar-refractivity contribution in [3.05, 3.63) is 65.6 Å². The molecule has 0 unspecified atom stereocenters. The van der Waals surface area contributed by atoms with Crippen molar-refractivity contribution >= 4 is 5.91 Å². The van der Waals surface area contributed by atoms with Crippen molar-refractivity contribution in [1.29, 1.82) is 0 Å². The highest BCUT2D eigenvalue weighted by Gasteiger charge is 2.18. The number of amides is 1. The van der Waals surface area contributed by atoms with E-state index in [1.54, 1.807) is 17.1 Å². The van der Waals surface area contributed by atoms with Crippen LogP contribution in [0.5, 0.6) is 11.5 Å². The molecule has 2 aromatic heterocycles. The van der Waals surface area contributed by atoms with Gasteiger partial charge in [-0.3, -0.25) is 4.79 Å². The molecule has 0 aliphatic carbocycles.